The molecule has 1 aromatic heterocycles. The summed E-state index contributed by atoms with van der Waals surface area (Å²) in [5.41, 5.74) is 2.47. The van der Waals surface area contributed by atoms with Gasteiger partial charge in [0.2, 0.25) is 11.7 Å². The minimum atomic E-state index is -0.482. The van der Waals surface area contributed by atoms with Crippen molar-refractivity contribution in [2.45, 2.75) is 20.8 Å². The molecule has 0 aliphatic carbocycles. The van der Waals surface area contributed by atoms with Gasteiger partial charge in [-0.25, -0.2) is 9.78 Å². The fourth-order valence-corrected chi connectivity index (χ4v) is 2.01. The maximum atomic E-state index is 11.7. The summed E-state index contributed by atoms with van der Waals surface area (Å²) in [6.07, 6.45) is 0. The van der Waals surface area contributed by atoms with Gasteiger partial charge in [-0.3, -0.25) is 0 Å². The van der Waals surface area contributed by atoms with E-state index in [2.05, 4.69) is 20.9 Å². The molecule has 100 valence electrons. The van der Waals surface area contributed by atoms with Gasteiger partial charge in [0.05, 0.1) is 12.3 Å². The molecule has 19 heavy (non-hydrogen) atoms. The summed E-state index contributed by atoms with van der Waals surface area (Å²) < 4.78 is 11.4. The van der Waals surface area contributed by atoms with E-state index < -0.39 is 5.97 Å². The average molecular weight is 324 g/mol. The fourth-order valence-electron chi connectivity index (χ4n) is 1.63. The number of hydrogen-bond acceptors (Lipinski definition) is 4. The SMILES string of the molecule is CCOC(=O)c1oc(-c2ccc(C)c(Br)c2)nc1C. The number of nitrogens with zero attached hydrogens (tertiary/aromatic N) is 1. The third kappa shape index (κ3) is 2.87. The Labute approximate surface area is 119 Å². The highest BCUT2D eigenvalue weighted by Gasteiger charge is 2.19. The van der Waals surface area contributed by atoms with Crippen LogP contribution in [0.3, 0.4) is 0 Å². The molecule has 0 radical (unpaired) electrons. The third-order valence-corrected chi connectivity index (χ3v) is 3.53. The van der Waals surface area contributed by atoms with E-state index in [1.54, 1.807) is 13.8 Å². The lowest BCUT2D eigenvalue weighted by Gasteiger charge is -2.00. The van der Waals surface area contributed by atoms with Crippen LogP contribution in [0.4, 0.5) is 0 Å². The molecule has 4 nitrogen and oxygen atoms in total. The number of carbonyl (C=O) groups is 1. The predicted molar refractivity (Wildman–Crippen MR) is 75.1 cm³/mol. The highest BCUT2D eigenvalue weighted by atomic mass is 79.9. The minimum absolute atomic E-state index is 0.161. The van der Waals surface area contributed by atoms with Crippen LogP contribution in [0.2, 0.25) is 0 Å². The molecule has 0 unspecified atom stereocenters. The van der Waals surface area contributed by atoms with E-state index in [9.17, 15) is 4.79 Å². The normalized spacial score (nSPS) is 10.5. The molecule has 5 heteroatoms. The van der Waals surface area contributed by atoms with E-state index >= 15 is 0 Å². The first-order valence-corrected chi connectivity index (χ1v) is 6.73. The zero-order valence-electron chi connectivity index (χ0n) is 11.0. The largest absolute Gasteiger partial charge is 0.460 e. The van der Waals surface area contributed by atoms with Crippen LogP contribution in [0.5, 0.6) is 0 Å². The zero-order valence-corrected chi connectivity index (χ0v) is 12.6. The van der Waals surface area contributed by atoms with E-state index in [-0.39, 0.29) is 5.76 Å². The summed E-state index contributed by atoms with van der Waals surface area (Å²) in [6.45, 7) is 5.78. The monoisotopic (exact) mass is 323 g/mol. The van der Waals surface area contributed by atoms with Gasteiger partial charge in [0.1, 0.15) is 0 Å². The second-order valence-electron chi connectivity index (χ2n) is 4.12. The van der Waals surface area contributed by atoms with Crippen LogP contribution in [0.15, 0.2) is 27.1 Å². The standard InChI is InChI=1S/C14H14BrNO3/c1-4-18-14(17)12-9(3)16-13(19-12)10-6-5-8(2)11(15)7-10/h5-7H,4H2,1-3H3. The molecule has 0 atom stereocenters. The number of esters is 1. The second-order valence-corrected chi connectivity index (χ2v) is 4.97. The molecule has 0 aliphatic heterocycles. The van der Waals surface area contributed by atoms with Crippen molar-refractivity contribution in [2.24, 2.45) is 0 Å². The van der Waals surface area contributed by atoms with E-state index in [0.717, 1.165) is 15.6 Å². The van der Waals surface area contributed by atoms with Gasteiger partial charge >= 0.3 is 5.97 Å². The second kappa shape index (κ2) is 5.57. The average Bonchev–Trinajstić information content (AvgIpc) is 2.75. The van der Waals surface area contributed by atoms with Crippen LogP contribution in [0.1, 0.15) is 28.7 Å². The number of rotatable bonds is 3. The Bertz CT molecular complexity index is 619. The molecule has 0 N–H and O–H groups in total. The lowest BCUT2D eigenvalue weighted by molar-refractivity contribution is 0.0490. The molecule has 0 spiro atoms. The van der Waals surface area contributed by atoms with Crippen molar-refractivity contribution < 1.29 is 13.9 Å². The molecule has 1 heterocycles. The van der Waals surface area contributed by atoms with E-state index in [0.29, 0.717) is 18.2 Å². The Morgan fingerprint density at radius 3 is 2.79 bits per heavy atom. The molecule has 0 saturated carbocycles. The Hall–Kier alpha value is -1.62. The van der Waals surface area contributed by atoms with Crippen LogP contribution in [0.25, 0.3) is 11.5 Å². The number of hydrogen-bond donors (Lipinski definition) is 0. The Morgan fingerprint density at radius 2 is 2.16 bits per heavy atom. The molecule has 0 fully saturated rings. The van der Waals surface area contributed by atoms with Gasteiger partial charge in [0.15, 0.2) is 0 Å². The van der Waals surface area contributed by atoms with E-state index in [1.807, 2.05) is 25.1 Å². The van der Waals surface area contributed by atoms with Crippen molar-refractivity contribution in [3.8, 4) is 11.5 Å². The summed E-state index contributed by atoms with van der Waals surface area (Å²) >= 11 is 3.46. The molecule has 0 bridgehead atoms. The Kier molecular flexibility index (Phi) is 4.04. The summed E-state index contributed by atoms with van der Waals surface area (Å²) in [5, 5.41) is 0. The van der Waals surface area contributed by atoms with Gasteiger partial charge in [0.25, 0.3) is 0 Å². The first kappa shape index (κ1) is 13.8. The number of halogens is 1. The van der Waals surface area contributed by atoms with Gasteiger partial charge in [-0.2, -0.15) is 0 Å². The molecular formula is C14H14BrNO3. The first-order chi connectivity index (χ1) is 9.02. The van der Waals surface area contributed by atoms with Crippen molar-refractivity contribution >= 4 is 21.9 Å². The minimum Gasteiger partial charge on any atom is -0.460 e. The maximum Gasteiger partial charge on any atom is 0.376 e. The topological polar surface area (TPSA) is 52.3 Å². The lowest BCUT2D eigenvalue weighted by atomic mass is 10.1. The van der Waals surface area contributed by atoms with Gasteiger partial charge in [-0.1, -0.05) is 22.0 Å². The Morgan fingerprint density at radius 1 is 1.42 bits per heavy atom. The predicted octanol–water partition coefficient (Wildman–Crippen LogP) is 3.90. The summed E-state index contributed by atoms with van der Waals surface area (Å²) in [6, 6.07) is 5.78. The summed E-state index contributed by atoms with van der Waals surface area (Å²) in [5.74, 6) is 0.0970. The van der Waals surface area contributed by atoms with Crippen LogP contribution in [-0.2, 0) is 4.74 Å². The highest BCUT2D eigenvalue weighted by molar-refractivity contribution is 9.10. The van der Waals surface area contributed by atoms with E-state index in [1.165, 1.54) is 0 Å². The van der Waals surface area contributed by atoms with Gasteiger partial charge in [-0.15, -0.1) is 0 Å². The molecule has 1 aromatic carbocycles. The van der Waals surface area contributed by atoms with Crippen LogP contribution >= 0.6 is 15.9 Å². The zero-order chi connectivity index (χ0) is 14.0. The Balaban J connectivity index is 2.38. The highest BCUT2D eigenvalue weighted by Crippen LogP contribution is 2.26. The molecule has 0 saturated heterocycles. The third-order valence-electron chi connectivity index (χ3n) is 2.68. The molecule has 2 aromatic rings. The van der Waals surface area contributed by atoms with Crippen molar-refractivity contribution in [1.82, 2.24) is 4.98 Å². The van der Waals surface area contributed by atoms with Gasteiger partial charge in [-0.05, 0) is 38.5 Å². The number of aromatic nitrogens is 1. The van der Waals surface area contributed by atoms with Crippen LogP contribution in [-0.4, -0.2) is 17.6 Å². The van der Waals surface area contributed by atoms with Crippen molar-refractivity contribution in [2.75, 3.05) is 6.61 Å². The van der Waals surface area contributed by atoms with Gasteiger partial charge in [0, 0.05) is 10.0 Å². The smallest absolute Gasteiger partial charge is 0.376 e. The van der Waals surface area contributed by atoms with Crippen molar-refractivity contribution in [3.05, 3.63) is 39.7 Å². The van der Waals surface area contributed by atoms with E-state index in [4.69, 9.17) is 9.15 Å². The van der Waals surface area contributed by atoms with Crippen LogP contribution < -0.4 is 0 Å². The lowest BCUT2D eigenvalue weighted by Crippen LogP contribution is -2.04. The van der Waals surface area contributed by atoms with Gasteiger partial charge < -0.3 is 9.15 Å². The first-order valence-electron chi connectivity index (χ1n) is 5.94. The number of aryl methyl sites for hydroxylation is 2. The molecule has 2 rings (SSSR count). The molecule has 0 amide bonds. The quantitative estimate of drug-likeness (QED) is 0.804. The number of oxazole rings is 1. The summed E-state index contributed by atoms with van der Waals surface area (Å²) in [7, 11) is 0. The number of carbonyl (C=O) groups excluding carboxylic acids is 1. The fraction of sp³-hybridized carbons (Fsp3) is 0.286. The summed E-state index contributed by atoms with van der Waals surface area (Å²) in [4.78, 5) is 15.9. The number of ether oxygens (including phenoxy) is 1. The van der Waals surface area contributed by atoms with Crippen molar-refractivity contribution in [3.63, 3.8) is 0 Å². The maximum absolute atomic E-state index is 11.7. The van der Waals surface area contributed by atoms with Crippen molar-refractivity contribution in [1.29, 1.82) is 0 Å². The van der Waals surface area contributed by atoms with Crippen LogP contribution in [0, 0.1) is 13.8 Å². The number of benzene rings is 1. The molecule has 0 aliphatic rings. The molecular weight excluding hydrogens is 310 g/mol.